The van der Waals surface area contributed by atoms with Crippen molar-refractivity contribution in [1.29, 1.82) is 0 Å². The van der Waals surface area contributed by atoms with Crippen LogP contribution in [0.15, 0.2) is 28.7 Å². The van der Waals surface area contributed by atoms with E-state index in [1.54, 1.807) is 0 Å². The van der Waals surface area contributed by atoms with Crippen LogP contribution in [0.25, 0.3) is 10.6 Å². The zero-order chi connectivity index (χ0) is 20.2. The van der Waals surface area contributed by atoms with Crippen molar-refractivity contribution in [2.45, 2.75) is 47.1 Å². The molecule has 1 heterocycles. The minimum Gasteiger partial charge on any atom is -0.344 e. The Bertz CT molecular complexity index is 816. The number of halogens is 1. The number of nitrogens with one attached hydrogen (secondary N) is 2. The minimum atomic E-state index is -0.625. The van der Waals surface area contributed by atoms with E-state index in [1.807, 2.05) is 58.9 Å². The highest BCUT2D eigenvalue weighted by Crippen LogP contribution is 2.28. The van der Waals surface area contributed by atoms with Gasteiger partial charge in [-0.15, -0.1) is 10.2 Å². The summed E-state index contributed by atoms with van der Waals surface area (Å²) >= 11 is 4.73. The molecule has 1 aromatic carbocycles. The summed E-state index contributed by atoms with van der Waals surface area (Å²) in [5, 5.41) is 15.0. The van der Waals surface area contributed by atoms with Gasteiger partial charge in [0.05, 0.1) is 0 Å². The van der Waals surface area contributed by atoms with Crippen LogP contribution in [0.5, 0.6) is 0 Å². The number of amides is 2. The molecule has 1 aromatic heterocycles. The van der Waals surface area contributed by atoms with Gasteiger partial charge in [0.15, 0.2) is 0 Å². The highest BCUT2D eigenvalue weighted by molar-refractivity contribution is 9.10. The lowest BCUT2D eigenvalue weighted by molar-refractivity contribution is -0.132. The van der Waals surface area contributed by atoms with Gasteiger partial charge in [0.25, 0.3) is 0 Å². The fraction of sp³-hybridized carbons (Fsp3) is 0.474. The van der Waals surface area contributed by atoms with Crippen LogP contribution in [0.1, 0.15) is 41.0 Å². The second kappa shape index (κ2) is 8.93. The van der Waals surface area contributed by atoms with Crippen LogP contribution >= 0.6 is 27.3 Å². The molecule has 0 aliphatic heterocycles. The molecule has 0 aliphatic rings. The van der Waals surface area contributed by atoms with Gasteiger partial charge in [-0.1, -0.05) is 80.4 Å². The normalized spacial score (nSPS) is 13.7. The number of aromatic nitrogens is 2. The first-order chi connectivity index (χ1) is 12.6. The van der Waals surface area contributed by atoms with E-state index < -0.39 is 11.5 Å². The van der Waals surface area contributed by atoms with Crippen LogP contribution in [-0.4, -0.2) is 28.1 Å². The molecule has 0 bridgehead atoms. The molecule has 6 nitrogen and oxygen atoms in total. The molecule has 2 rings (SSSR count). The van der Waals surface area contributed by atoms with E-state index in [9.17, 15) is 9.59 Å². The van der Waals surface area contributed by atoms with Crippen LogP contribution in [-0.2, 0) is 9.59 Å². The molecular weight excluding hydrogens is 428 g/mol. The lowest BCUT2D eigenvalue weighted by Crippen LogP contribution is -2.50. The number of hydrogen-bond acceptors (Lipinski definition) is 5. The molecule has 146 valence electrons. The summed E-state index contributed by atoms with van der Waals surface area (Å²) in [5.74, 6) is -0.442. The van der Waals surface area contributed by atoms with E-state index in [0.717, 1.165) is 16.5 Å². The summed E-state index contributed by atoms with van der Waals surface area (Å²) in [6.07, 6.45) is 0.766. The Morgan fingerprint density at radius 3 is 2.56 bits per heavy atom. The molecule has 2 atom stereocenters. The summed E-state index contributed by atoms with van der Waals surface area (Å²) in [5.41, 5.74) is 0.352. The molecule has 27 heavy (non-hydrogen) atoms. The van der Waals surface area contributed by atoms with Crippen molar-refractivity contribution in [3.63, 3.8) is 0 Å². The Morgan fingerprint density at radius 2 is 1.96 bits per heavy atom. The van der Waals surface area contributed by atoms with E-state index >= 15 is 0 Å². The predicted molar refractivity (Wildman–Crippen MR) is 113 cm³/mol. The molecule has 0 radical (unpaired) electrons. The first-order valence-electron chi connectivity index (χ1n) is 8.83. The van der Waals surface area contributed by atoms with Crippen molar-refractivity contribution in [3.05, 3.63) is 28.7 Å². The van der Waals surface area contributed by atoms with Gasteiger partial charge >= 0.3 is 0 Å². The van der Waals surface area contributed by atoms with E-state index in [4.69, 9.17) is 0 Å². The van der Waals surface area contributed by atoms with Crippen molar-refractivity contribution in [1.82, 2.24) is 15.5 Å². The third kappa shape index (κ3) is 5.84. The summed E-state index contributed by atoms with van der Waals surface area (Å²) in [4.78, 5) is 25.1. The minimum absolute atomic E-state index is 0.00577. The Hall–Kier alpha value is -1.80. The Labute approximate surface area is 172 Å². The fourth-order valence-electron chi connectivity index (χ4n) is 2.25. The van der Waals surface area contributed by atoms with Gasteiger partial charge in [0, 0.05) is 15.5 Å². The Morgan fingerprint density at radius 1 is 1.26 bits per heavy atom. The lowest BCUT2D eigenvalue weighted by atomic mass is 9.92. The predicted octanol–water partition coefficient (Wildman–Crippen LogP) is 4.48. The molecule has 8 heteroatoms. The first-order valence-corrected chi connectivity index (χ1v) is 10.4. The maximum absolute atomic E-state index is 12.8. The quantitative estimate of drug-likeness (QED) is 0.676. The average molecular weight is 453 g/mol. The van der Waals surface area contributed by atoms with Crippen LogP contribution in [0.4, 0.5) is 5.13 Å². The summed E-state index contributed by atoms with van der Waals surface area (Å²) in [7, 11) is 0. The standard InChI is InChI=1S/C19H25BrN4O2S/c1-6-11(2)14(21-17(26)19(3,4)5)15(25)22-18-24-23-16(27-18)12-8-7-9-13(20)10-12/h7-11,14H,6H2,1-5H3,(H,21,26)(H,22,24,25). The lowest BCUT2D eigenvalue weighted by Gasteiger charge is -2.27. The van der Waals surface area contributed by atoms with E-state index in [0.29, 0.717) is 10.1 Å². The maximum atomic E-state index is 12.8. The van der Waals surface area contributed by atoms with E-state index in [1.165, 1.54) is 11.3 Å². The van der Waals surface area contributed by atoms with Crippen molar-refractivity contribution >= 4 is 44.2 Å². The van der Waals surface area contributed by atoms with Crippen molar-refractivity contribution in [2.75, 3.05) is 5.32 Å². The number of benzene rings is 1. The molecule has 0 fully saturated rings. The molecule has 2 unspecified atom stereocenters. The SMILES string of the molecule is CCC(C)C(NC(=O)C(C)(C)C)C(=O)Nc1nnc(-c2cccc(Br)c2)s1. The van der Waals surface area contributed by atoms with E-state index in [2.05, 4.69) is 36.8 Å². The highest BCUT2D eigenvalue weighted by atomic mass is 79.9. The highest BCUT2D eigenvalue weighted by Gasteiger charge is 2.31. The van der Waals surface area contributed by atoms with Crippen LogP contribution in [0.3, 0.4) is 0 Å². The summed E-state index contributed by atoms with van der Waals surface area (Å²) < 4.78 is 0.947. The Kier molecular flexibility index (Phi) is 7.11. The maximum Gasteiger partial charge on any atom is 0.249 e. The van der Waals surface area contributed by atoms with Gasteiger partial charge in [-0.25, -0.2) is 0 Å². The largest absolute Gasteiger partial charge is 0.344 e. The molecule has 2 amide bonds. The number of carbonyl (C=O) groups excluding carboxylic acids is 2. The smallest absolute Gasteiger partial charge is 0.249 e. The van der Waals surface area contributed by atoms with Crippen molar-refractivity contribution in [2.24, 2.45) is 11.3 Å². The van der Waals surface area contributed by atoms with Crippen molar-refractivity contribution < 1.29 is 9.59 Å². The van der Waals surface area contributed by atoms with E-state index in [-0.39, 0.29) is 17.7 Å². The second-order valence-electron chi connectivity index (χ2n) is 7.50. The molecule has 0 spiro atoms. The molecule has 2 aromatic rings. The van der Waals surface area contributed by atoms with Gasteiger partial charge in [-0.2, -0.15) is 0 Å². The third-order valence-electron chi connectivity index (χ3n) is 4.19. The third-order valence-corrected chi connectivity index (χ3v) is 5.57. The number of hydrogen-bond donors (Lipinski definition) is 2. The number of rotatable bonds is 6. The van der Waals surface area contributed by atoms with Crippen LogP contribution < -0.4 is 10.6 Å². The molecule has 2 N–H and O–H groups in total. The topological polar surface area (TPSA) is 84.0 Å². The molecule has 0 aliphatic carbocycles. The van der Waals surface area contributed by atoms with Crippen molar-refractivity contribution in [3.8, 4) is 10.6 Å². The average Bonchev–Trinajstić information content (AvgIpc) is 3.06. The zero-order valence-electron chi connectivity index (χ0n) is 16.2. The van der Waals surface area contributed by atoms with Gasteiger partial charge in [-0.05, 0) is 18.1 Å². The van der Waals surface area contributed by atoms with Crippen LogP contribution in [0.2, 0.25) is 0 Å². The van der Waals surface area contributed by atoms with Crippen LogP contribution in [0, 0.1) is 11.3 Å². The molecule has 0 saturated carbocycles. The van der Waals surface area contributed by atoms with Gasteiger partial charge in [-0.3, -0.25) is 14.9 Å². The van der Waals surface area contributed by atoms with Gasteiger partial charge in [0.1, 0.15) is 11.0 Å². The summed E-state index contributed by atoms with van der Waals surface area (Å²) in [6.45, 7) is 9.40. The van der Waals surface area contributed by atoms with Gasteiger partial charge in [0.2, 0.25) is 16.9 Å². The molecule has 0 saturated heterocycles. The zero-order valence-corrected chi connectivity index (χ0v) is 18.6. The first kappa shape index (κ1) is 21.5. The number of anilines is 1. The summed E-state index contributed by atoms with van der Waals surface area (Å²) in [6, 6.07) is 7.10. The second-order valence-corrected chi connectivity index (χ2v) is 9.39. The molecular formula is C19H25BrN4O2S. The fourth-order valence-corrected chi connectivity index (χ4v) is 3.40. The number of nitrogens with zero attached hydrogens (tertiary/aromatic N) is 2. The van der Waals surface area contributed by atoms with Gasteiger partial charge < -0.3 is 5.32 Å². The Balaban J connectivity index is 2.14. The monoisotopic (exact) mass is 452 g/mol. The number of carbonyl (C=O) groups is 2.